The standard InChI is InChI=1S/C48H41NO2/c1-4-51-48(50)44-19-11-12-20-45(44)49-46-30-29-43(41-17-9-10-18-42(41)46)47(37-25-21-35(22-26-37)31-39-15-7-5-13-33(39)2)38-27-23-36(24-28-38)32-40-16-8-6-14-34(40)3/h5-30H,4,31-32H2,1-3H3. The fourth-order valence-corrected chi connectivity index (χ4v) is 6.79. The predicted molar refractivity (Wildman–Crippen MR) is 211 cm³/mol. The number of rotatable bonds is 9. The smallest absolute Gasteiger partial charge is 0.340 e. The number of esters is 1. The zero-order valence-corrected chi connectivity index (χ0v) is 29.4. The molecule has 6 aromatic rings. The van der Waals surface area contributed by atoms with Crippen molar-refractivity contribution in [1.82, 2.24) is 0 Å². The molecule has 250 valence electrons. The molecule has 0 spiro atoms. The Bertz CT molecular complexity index is 2200. The first-order chi connectivity index (χ1) is 25.0. The molecular formula is C48H41NO2. The van der Waals surface area contributed by atoms with E-state index in [4.69, 9.17) is 9.73 Å². The first-order valence-corrected chi connectivity index (χ1v) is 17.6. The van der Waals surface area contributed by atoms with Crippen LogP contribution in [0.15, 0.2) is 163 Å². The second kappa shape index (κ2) is 15.2. The van der Waals surface area contributed by atoms with Crippen LogP contribution in [0.25, 0.3) is 11.1 Å². The van der Waals surface area contributed by atoms with Gasteiger partial charge in [0.1, 0.15) is 0 Å². The van der Waals surface area contributed by atoms with Crippen LogP contribution in [0.1, 0.15) is 72.9 Å². The van der Waals surface area contributed by atoms with Gasteiger partial charge in [-0.25, -0.2) is 9.79 Å². The van der Waals surface area contributed by atoms with Gasteiger partial charge in [-0.15, -0.1) is 0 Å². The van der Waals surface area contributed by atoms with Crippen molar-refractivity contribution in [2.24, 2.45) is 4.99 Å². The van der Waals surface area contributed by atoms with E-state index in [0.717, 1.165) is 52.0 Å². The van der Waals surface area contributed by atoms with Gasteiger partial charge < -0.3 is 4.74 Å². The van der Waals surface area contributed by atoms with Crippen molar-refractivity contribution in [3.05, 3.63) is 219 Å². The summed E-state index contributed by atoms with van der Waals surface area (Å²) >= 11 is 0. The van der Waals surface area contributed by atoms with Crippen molar-refractivity contribution in [3.8, 4) is 0 Å². The molecule has 6 aromatic carbocycles. The Morgan fingerprint density at radius 2 is 1.08 bits per heavy atom. The predicted octanol–water partition coefficient (Wildman–Crippen LogP) is 11.3. The van der Waals surface area contributed by atoms with Crippen LogP contribution in [-0.2, 0) is 17.6 Å². The molecule has 0 radical (unpaired) electrons. The fourth-order valence-electron chi connectivity index (χ4n) is 6.79. The summed E-state index contributed by atoms with van der Waals surface area (Å²) in [6, 6.07) is 51.0. The van der Waals surface area contributed by atoms with Gasteiger partial charge in [0, 0.05) is 5.56 Å². The monoisotopic (exact) mass is 663 g/mol. The Morgan fingerprint density at radius 1 is 0.569 bits per heavy atom. The summed E-state index contributed by atoms with van der Waals surface area (Å²) < 4.78 is 5.33. The van der Waals surface area contributed by atoms with Gasteiger partial charge in [0.25, 0.3) is 0 Å². The summed E-state index contributed by atoms with van der Waals surface area (Å²) in [5.41, 5.74) is 16.4. The Labute approximate surface area is 301 Å². The van der Waals surface area contributed by atoms with E-state index in [0.29, 0.717) is 17.9 Å². The summed E-state index contributed by atoms with van der Waals surface area (Å²) in [6.07, 6.45) is 6.02. The van der Waals surface area contributed by atoms with Crippen molar-refractivity contribution in [2.45, 2.75) is 33.6 Å². The molecule has 0 unspecified atom stereocenters. The van der Waals surface area contributed by atoms with Crippen molar-refractivity contribution >= 4 is 28.5 Å². The van der Waals surface area contributed by atoms with Crippen molar-refractivity contribution in [1.29, 1.82) is 0 Å². The maximum Gasteiger partial charge on any atom is 0.340 e. The number of para-hydroxylation sites is 1. The second-order valence-electron chi connectivity index (χ2n) is 13.0. The summed E-state index contributed by atoms with van der Waals surface area (Å²) in [6.45, 7) is 6.47. The summed E-state index contributed by atoms with van der Waals surface area (Å²) in [5.74, 6) is -0.370. The normalized spacial score (nSPS) is 12.8. The highest BCUT2D eigenvalue weighted by molar-refractivity contribution is 6.20. The number of benzene rings is 6. The molecule has 0 bridgehead atoms. The third-order valence-electron chi connectivity index (χ3n) is 9.61. The number of nitrogens with zero attached hydrogens (tertiary/aromatic N) is 1. The minimum Gasteiger partial charge on any atom is -0.462 e. The van der Waals surface area contributed by atoms with Gasteiger partial charge in [0.15, 0.2) is 0 Å². The SMILES string of the molecule is CCOC(=O)c1ccccc1N=C1C=CC(=C(c2ccc(Cc3ccccc3C)cc2)c2ccc(Cc3ccccc3C)cc2)c2ccccc21. The first-order valence-electron chi connectivity index (χ1n) is 17.6. The topological polar surface area (TPSA) is 38.7 Å². The van der Waals surface area contributed by atoms with Crippen LogP contribution in [0.5, 0.6) is 0 Å². The van der Waals surface area contributed by atoms with Crippen LogP contribution >= 0.6 is 0 Å². The molecule has 0 saturated carbocycles. The zero-order valence-electron chi connectivity index (χ0n) is 29.4. The Morgan fingerprint density at radius 3 is 1.65 bits per heavy atom. The molecule has 0 saturated heterocycles. The van der Waals surface area contributed by atoms with Gasteiger partial charge >= 0.3 is 5.97 Å². The summed E-state index contributed by atoms with van der Waals surface area (Å²) in [5, 5.41) is 0. The Hall–Kier alpha value is -6.06. The van der Waals surface area contributed by atoms with Crippen molar-refractivity contribution in [2.75, 3.05) is 6.61 Å². The number of aryl methyl sites for hydroxylation is 2. The summed E-state index contributed by atoms with van der Waals surface area (Å²) in [7, 11) is 0. The van der Waals surface area contributed by atoms with Crippen molar-refractivity contribution < 1.29 is 9.53 Å². The molecule has 7 rings (SSSR count). The van der Waals surface area contributed by atoms with Crippen LogP contribution in [0.2, 0.25) is 0 Å². The third kappa shape index (κ3) is 7.44. The molecule has 1 aliphatic carbocycles. The molecule has 51 heavy (non-hydrogen) atoms. The molecule has 0 aliphatic heterocycles. The quantitative estimate of drug-likeness (QED) is 0.144. The summed E-state index contributed by atoms with van der Waals surface area (Å²) in [4.78, 5) is 17.8. The van der Waals surface area contributed by atoms with E-state index in [9.17, 15) is 4.79 Å². The Balaban J connectivity index is 1.33. The number of aliphatic imine (C=N–C) groups is 1. The average molecular weight is 664 g/mol. The molecular weight excluding hydrogens is 623 g/mol. The van der Waals surface area contributed by atoms with Gasteiger partial charge in [-0.1, -0.05) is 140 Å². The average Bonchev–Trinajstić information content (AvgIpc) is 3.16. The minimum absolute atomic E-state index is 0.309. The number of ether oxygens (including phenoxy) is 1. The van der Waals surface area contributed by atoms with E-state index in [-0.39, 0.29) is 5.97 Å². The van der Waals surface area contributed by atoms with E-state index >= 15 is 0 Å². The van der Waals surface area contributed by atoms with Crippen molar-refractivity contribution in [3.63, 3.8) is 0 Å². The van der Waals surface area contributed by atoms with Gasteiger partial charge in [-0.3, -0.25) is 0 Å². The van der Waals surface area contributed by atoms with E-state index in [1.807, 2.05) is 31.2 Å². The van der Waals surface area contributed by atoms with Gasteiger partial charge in [0.05, 0.1) is 23.6 Å². The maximum absolute atomic E-state index is 12.8. The van der Waals surface area contributed by atoms with Crippen LogP contribution in [-0.4, -0.2) is 18.3 Å². The molecule has 3 nitrogen and oxygen atoms in total. The lowest BCUT2D eigenvalue weighted by molar-refractivity contribution is 0.0527. The van der Waals surface area contributed by atoms with Crippen LogP contribution in [0.4, 0.5) is 5.69 Å². The number of hydrogen-bond acceptors (Lipinski definition) is 3. The second-order valence-corrected chi connectivity index (χ2v) is 13.0. The van der Waals surface area contributed by atoms with E-state index in [1.54, 1.807) is 6.07 Å². The molecule has 1 aliphatic rings. The number of fused-ring (bicyclic) bond motifs is 1. The van der Waals surface area contributed by atoms with E-state index in [1.165, 1.54) is 33.4 Å². The molecule has 3 heteroatoms. The highest BCUT2D eigenvalue weighted by Crippen LogP contribution is 2.38. The highest BCUT2D eigenvalue weighted by Gasteiger charge is 2.21. The van der Waals surface area contributed by atoms with Gasteiger partial charge in [-0.2, -0.15) is 0 Å². The molecule has 0 heterocycles. The van der Waals surface area contributed by atoms with Gasteiger partial charge in [-0.05, 0) is 113 Å². The lowest BCUT2D eigenvalue weighted by atomic mass is 9.83. The van der Waals surface area contributed by atoms with E-state index < -0.39 is 0 Å². The lowest BCUT2D eigenvalue weighted by Gasteiger charge is -2.21. The number of hydrogen-bond donors (Lipinski definition) is 0. The van der Waals surface area contributed by atoms with Crippen LogP contribution < -0.4 is 0 Å². The molecule has 0 fully saturated rings. The number of allylic oxidation sites excluding steroid dienone is 3. The van der Waals surface area contributed by atoms with E-state index in [2.05, 4.69) is 141 Å². The highest BCUT2D eigenvalue weighted by atomic mass is 16.5. The molecule has 0 atom stereocenters. The largest absolute Gasteiger partial charge is 0.462 e. The molecule has 0 amide bonds. The zero-order chi connectivity index (χ0) is 35.2. The van der Waals surface area contributed by atoms with Gasteiger partial charge in [0.2, 0.25) is 0 Å². The molecule has 0 aromatic heterocycles. The number of carbonyl (C=O) groups excluding carboxylic acids is 1. The Kier molecular flexibility index (Phi) is 9.98. The van der Waals surface area contributed by atoms with Crippen LogP contribution in [0.3, 0.4) is 0 Å². The number of carbonyl (C=O) groups is 1. The maximum atomic E-state index is 12.8. The minimum atomic E-state index is -0.370. The fraction of sp³-hybridized carbons (Fsp3) is 0.125. The lowest BCUT2D eigenvalue weighted by Crippen LogP contribution is -2.09. The van der Waals surface area contributed by atoms with Crippen LogP contribution in [0, 0.1) is 13.8 Å². The molecule has 0 N–H and O–H groups in total. The first kappa shape index (κ1) is 33.4. The third-order valence-corrected chi connectivity index (χ3v) is 9.61.